The van der Waals surface area contributed by atoms with Crippen LogP contribution >= 0.6 is 11.6 Å². The molecule has 0 fully saturated rings. The van der Waals surface area contributed by atoms with Crippen molar-refractivity contribution < 1.29 is 14.3 Å². The maximum absolute atomic E-state index is 13.1. The van der Waals surface area contributed by atoms with Gasteiger partial charge in [-0.2, -0.15) is 0 Å². The molecule has 0 radical (unpaired) electrons. The van der Waals surface area contributed by atoms with E-state index in [2.05, 4.69) is 10.6 Å². The largest absolute Gasteiger partial charge is 0.456 e. The summed E-state index contributed by atoms with van der Waals surface area (Å²) in [5.41, 5.74) is 4.18. The Hall–Kier alpha value is -3.31. The topological polar surface area (TPSA) is 67.4 Å². The number of carbonyl (C=O) groups is 2. The normalized spacial score (nSPS) is 18.3. The molecule has 2 aliphatic rings. The Kier molecular flexibility index (Phi) is 5.72. The molecule has 1 unspecified atom stereocenters. The van der Waals surface area contributed by atoms with Crippen molar-refractivity contribution in [3.63, 3.8) is 0 Å². The van der Waals surface area contributed by atoms with Gasteiger partial charge in [-0.3, -0.25) is 4.79 Å². The lowest BCUT2D eigenvalue weighted by atomic mass is 9.80. The van der Waals surface area contributed by atoms with E-state index in [-0.39, 0.29) is 12.5 Å². The molecule has 152 valence electrons. The van der Waals surface area contributed by atoms with Crippen LogP contribution in [-0.4, -0.2) is 25.0 Å². The molecule has 1 atom stereocenters. The van der Waals surface area contributed by atoms with Crippen molar-refractivity contribution in [1.82, 2.24) is 10.6 Å². The standard InChI is InChI=1S/C24H21ClN2O3/c1-15-20(23(28)26-12-6-9-16-7-3-2-4-8-16)21(17-10-5-11-18(25)13-17)22-19(27-15)14-30-24(22)29/h2-11,13,21,27H,12,14H2,1H3,(H,26,28)/b9-6+. The van der Waals surface area contributed by atoms with E-state index in [9.17, 15) is 9.59 Å². The van der Waals surface area contributed by atoms with Crippen molar-refractivity contribution in [2.75, 3.05) is 13.2 Å². The van der Waals surface area contributed by atoms with E-state index in [4.69, 9.17) is 16.3 Å². The molecular weight excluding hydrogens is 400 g/mol. The van der Waals surface area contributed by atoms with E-state index in [1.54, 1.807) is 12.1 Å². The van der Waals surface area contributed by atoms with Crippen LogP contribution in [0.15, 0.2) is 83.2 Å². The lowest BCUT2D eigenvalue weighted by Crippen LogP contribution is -2.35. The number of allylic oxidation sites excluding steroid dienone is 1. The zero-order valence-corrected chi connectivity index (χ0v) is 17.2. The number of amides is 1. The first kappa shape index (κ1) is 20.0. The van der Waals surface area contributed by atoms with Crippen LogP contribution in [0.4, 0.5) is 0 Å². The van der Waals surface area contributed by atoms with Crippen molar-refractivity contribution in [2.45, 2.75) is 12.8 Å². The van der Waals surface area contributed by atoms with Crippen LogP contribution in [0.2, 0.25) is 5.02 Å². The van der Waals surface area contributed by atoms with Crippen molar-refractivity contribution in [2.24, 2.45) is 0 Å². The number of carbonyl (C=O) groups excluding carboxylic acids is 2. The number of hydrogen-bond donors (Lipinski definition) is 2. The number of ether oxygens (including phenoxy) is 1. The second kappa shape index (κ2) is 8.59. The minimum absolute atomic E-state index is 0.178. The summed E-state index contributed by atoms with van der Waals surface area (Å²) in [6.07, 6.45) is 3.84. The van der Waals surface area contributed by atoms with Crippen molar-refractivity contribution in [3.8, 4) is 0 Å². The van der Waals surface area contributed by atoms with E-state index >= 15 is 0 Å². The molecule has 5 nitrogen and oxygen atoms in total. The quantitative estimate of drug-likeness (QED) is 0.719. The molecule has 2 aromatic rings. The Morgan fingerprint density at radius 1 is 1.23 bits per heavy atom. The number of dihydropyridines is 1. The Morgan fingerprint density at radius 2 is 2.03 bits per heavy atom. The summed E-state index contributed by atoms with van der Waals surface area (Å²) >= 11 is 6.19. The summed E-state index contributed by atoms with van der Waals surface area (Å²) < 4.78 is 5.23. The van der Waals surface area contributed by atoms with E-state index in [0.717, 1.165) is 11.1 Å². The third-order valence-corrected chi connectivity index (χ3v) is 5.36. The third kappa shape index (κ3) is 4.02. The summed E-state index contributed by atoms with van der Waals surface area (Å²) in [5.74, 6) is -1.19. The summed E-state index contributed by atoms with van der Waals surface area (Å²) in [6, 6.07) is 17.1. The van der Waals surface area contributed by atoms with E-state index in [1.165, 1.54) is 0 Å². The minimum atomic E-state index is -0.534. The maximum atomic E-state index is 13.1. The molecule has 0 aliphatic carbocycles. The first-order valence-electron chi connectivity index (χ1n) is 9.68. The Morgan fingerprint density at radius 3 is 2.80 bits per heavy atom. The SMILES string of the molecule is CC1=C(C(=O)NC/C=C/c2ccccc2)C(c2cccc(Cl)c2)C2=C(COC2=O)N1. The van der Waals surface area contributed by atoms with Gasteiger partial charge in [0, 0.05) is 22.8 Å². The van der Waals surface area contributed by atoms with Crippen LogP contribution in [-0.2, 0) is 14.3 Å². The van der Waals surface area contributed by atoms with Gasteiger partial charge in [0.2, 0.25) is 5.91 Å². The molecule has 2 N–H and O–H groups in total. The predicted molar refractivity (Wildman–Crippen MR) is 116 cm³/mol. The summed E-state index contributed by atoms with van der Waals surface area (Å²) in [5, 5.41) is 6.65. The monoisotopic (exact) mass is 420 g/mol. The first-order chi connectivity index (χ1) is 14.5. The molecule has 0 bridgehead atoms. The molecule has 0 saturated carbocycles. The average molecular weight is 421 g/mol. The molecule has 1 amide bonds. The maximum Gasteiger partial charge on any atom is 0.337 e. The number of hydrogen-bond acceptors (Lipinski definition) is 4. The zero-order chi connectivity index (χ0) is 21.1. The summed E-state index contributed by atoms with van der Waals surface area (Å²) in [6.45, 7) is 2.37. The van der Waals surface area contributed by atoms with Gasteiger partial charge < -0.3 is 15.4 Å². The second-order valence-electron chi connectivity index (χ2n) is 7.14. The van der Waals surface area contributed by atoms with Crippen molar-refractivity contribution >= 4 is 29.6 Å². The van der Waals surface area contributed by atoms with Gasteiger partial charge in [-0.25, -0.2) is 4.79 Å². The molecule has 4 rings (SSSR count). The smallest absolute Gasteiger partial charge is 0.337 e. The molecule has 30 heavy (non-hydrogen) atoms. The molecule has 0 aromatic heterocycles. The fourth-order valence-corrected chi connectivity index (χ4v) is 3.99. The molecule has 2 heterocycles. The lowest BCUT2D eigenvalue weighted by molar-refractivity contribution is -0.136. The first-order valence-corrected chi connectivity index (χ1v) is 10.1. The third-order valence-electron chi connectivity index (χ3n) is 5.13. The highest BCUT2D eigenvalue weighted by atomic mass is 35.5. The van der Waals surface area contributed by atoms with Crippen molar-refractivity contribution in [1.29, 1.82) is 0 Å². The second-order valence-corrected chi connectivity index (χ2v) is 7.58. The number of rotatable bonds is 5. The van der Waals surface area contributed by atoms with Crippen LogP contribution in [0.3, 0.4) is 0 Å². The minimum Gasteiger partial charge on any atom is -0.456 e. The molecule has 0 spiro atoms. The fraction of sp³-hybridized carbons (Fsp3) is 0.167. The van der Waals surface area contributed by atoms with Gasteiger partial charge in [0.15, 0.2) is 0 Å². The van der Waals surface area contributed by atoms with Gasteiger partial charge in [0.25, 0.3) is 0 Å². The van der Waals surface area contributed by atoms with Gasteiger partial charge in [0.05, 0.1) is 17.2 Å². The average Bonchev–Trinajstić information content (AvgIpc) is 3.11. The molecule has 6 heteroatoms. The highest BCUT2D eigenvalue weighted by Gasteiger charge is 2.41. The highest BCUT2D eigenvalue weighted by molar-refractivity contribution is 6.30. The highest BCUT2D eigenvalue weighted by Crippen LogP contribution is 2.41. The number of esters is 1. The Bertz CT molecular complexity index is 1090. The molecule has 2 aromatic carbocycles. The van der Waals surface area contributed by atoms with Gasteiger partial charge in [-0.05, 0) is 30.2 Å². The molecular formula is C24H21ClN2O3. The van der Waals surface area contributed by atoms with Crippen LogP contribution in [0, 0.1) is 0 Å². The summed E-state index contributed by atoms with van der Waals surface area (Å²) in [4.78, 5) is 25.6. The van der Waals surface area contributed by atoms with Gasteiger partial charge >= 0.3 is 5.97 Å². The summed E-state index contributed by atoms with van der Waals surface area (Å²) in [7, 11) is 0. The fourth-order valence-electron chi connectivity index (χ4n) is 3.79. The van der Waals surface area contributed by atoms with Crippen LogP contribution in [0.5, 0.6) is 0 Å². The molecule has 0 saturated heterocycles. The van der Waals surface area contributed by atoms with E-state index in [1.807, 2.05) is 61.5 Å². The van der Waals surface area contributed by atoms with Crippen molar-refractivity contribution in [3.05, 3.63) is 99.4 Å². The van der Waals surface area contributed by atoms with E-state index < -0.39 is 11.9 Å². The van der Waals surface area contributed by atoms with Crippen LogP contribution in [0.25, 0.3) is 6.08 Å². The lowest BCUT2D eigenvalue weighted by Gasteiger charge is -2.28. The zero-order valence-electron chi connectivity index (χ0n) is 16.4. The predicted octanol–water partition coefficient (Wildman–Crippen LogP) is 3.94. The Labute approximate surface area is 180 Å². The number of benzene rings is 2. The number of nitrogens with one attached hydrogen (secondary N) is 2. The van der Waals surface area contributed by atoms with Gasteiger partial charge in [-0.1, -0.05) is 66.2 Å². The van der Waals surface area contributed by atoms with Crippen LogP contribution < -0.4 is 10.6 Å². The Balaban J connectivity index is 1.59. The molecule has 2 aliphatic heterocycles. The number of halogens is 1. The van der Waals surface area contributed by atoms with Crippen LogP contribution in [0.1, 0.15) is 24.0 Å². The van der Waals surface area contributed by atoms with Gasteiger partial charge in [0.1, 0.15) is 6.61 Å². The van der Waals surface area contributed by atoms with E-state index in [0.29, 0.717) is 34.1 Å². The number of cyclic esters (lactones) is 1. The van der Waals surface area contributed by atoms with Gasteiger partial charge in [-0.15, -0.1) is 0 Å².